The maximum Gasteiger partial charge on any atom is 0.272 e. The number of imidazole rings is 1. The molecule has 1 saturated heterocycles. The summed E-state index contributed by atoms with van der Waals surface area (Å²) in [4.78, 5) is 28.1. The van der Waals surface area contributed by atoms with Gasteiger partial charge in [0.05, 0.1) is 0 Å². The van der Waals surface area contributed by atoms with Crippen LogP contribution in [0.5, 0.6) is 0 Å². The van der Waals surface area contributed by atoms with Crippen LogP contribution in [0.15, 0.2) is 24.4 Å². The number of hydrogen-bond acceptors (Lipinski definition) is 3. The van der Waals surface area contributed by atoms with E-state index in [4.69, 9.17) is 0 Å². The van der Waals surface area contributed by atoms with E-state index in [-0.39, 0.29) is 11.8 Å². The SMILES string of the molecule is Cc1cccc2nc(C(=O)N[C@@H]3CCCNC3=O)cn12. The molecule has 0 radical (unpaired) electrons. The fourth-order valence-electron chi connectivity index (χ4n) is 2.40. The summed E-state index contributed by atoms with van der Waals surface area (Å²) >= 11 is 0. The minimum Gasteiger partial charge on any atom is -0.354 e. The largest absolute Gasteiger partial charge is 0.354 e. The van der Waals surface area contributed by atoms with Crippen molar-refractivity contribution in [2.45, 2.75) is 25.8 Å². The van der Waals surface area contributed by atoms with Gasteiger partial charge in [0.1, 0.15) is 17.4 Å². The number of piperidine rings is 1. The van der Waals surface area contributed by atoms with Crippen LogP contribution in [0.3, 0.4) is 0 Å². The first-order chi connectivity index (χ1) is 9.65. The minimum absolute atomic E-state index is 0.121. The third kappa shape index (κ3) is 2.24. The van der Waals surface area contributed by atoms with Gasteiger partial charge in [-0.25, -0.2) is 4.98 Å². The van der Waals surface area contributed by atoms with Crippen molar-refractivity contribution in [1.82, 2.24) is 20.0 Å². The van der Waals surface area contributed by atoms with Gasteiger partial charge in [-0.3, -0.25) is 9.59 Å². The van der Waals surface area contributed by atoms with Crippen molar-refractivity contribution in [2.75, 3.05) is 6.54 Å². The van der Waals surface area contributed by atoms with E-state index in [1.54, 1.807) is 6.20 Å². The number of aromatic nitrogens is 2. The molecule has 2 N–H and O–H groups in total. The Morgan fingerprint density at radius 3 is 3.10 bits per heavy atom. The van der Waals surface area contributed by atoms with Crippen LogP contribution in [-0.4, -0.2) is 33.8 Å². The fourth-order valence-corrected chi connectivity index (χ4v) is 2.40. The summed E-state index contributed by atoms with van der Waals surface area (Å²) in [5, 5.41) is 5.48. The molecule has 2 amide bonds. The first kappa shape index (κ1) is 12.7. The predicted molar refractivity (Wildman–Crippen MR) is 73.4 cm³/mol. The zero-order chi connectivity index (χ0) is 14.1. The lowest BCUT2D eigenvalue weighted by atomic mass is 10.1. The van der Waals surface area contributed by atoms with Gasteiger partial charge in [0.25, 0.3) is 5.91 Å². The topological polar surface area (TPSA) is 75.5 Å². The number of nitrogens with zero attached hydrogens (tertiary/aromatic N) is 2. The van der Waals surface area contributed by atoms with E-state index in [1.807, 2.05) is 29.5 Å². The van der Waals surface area contributed by atoms with Gasteiger partial charge >= 0.3 is 0 Å². The van der Waals surface area contributed by atoms with Gasteiger partial charge in [0, 0.05) is 18.4 Å². The van der Waals surface area contributed by atoms with Crippen molar-refractivity contribution in [1.29, 1.82) is 0 Å². The molecule has 1 fully saturated rings. The van der Waals surface area contributed by atoms with Gasteiger partial charge in [0.15, 0.2) is 0 Å². The molecule has 0 spiro atoms. The summed E-state index contributed by atoms with van der Waals surface area (Å²) in [6.45, 7) is 2.63. The van der Waals surface area contributed by atoms with Gasteiger partial charge in [-0.05, 0) is 31.9 Å². The molecule has 6 nitrogen and oxygen atoms in total. The quantitative estimate of drug-likeness (QED) is 0.843. The van der Waals surface area contributed by atoms with Crippen molar-refractivity contribution < 1.29 is 9.59 Å². The maximum atomic E-state index is 12.2. The van der Waals surface area contributed by atoms with E-state index < -0.39 is 6.04 Å². The van der Waals surface area contributed by atoms with Crippen LogP contribution < -0.4 is 10.6 Å². The van der Waals surface area contributed by atoms with Crippen LogP contribution in [0.2, 0.25) is 0 Å². The third-order valence-electron chi connectivity index (χ3n) is 3.52. The van der Waals surface area contributed by atoms with Gasteiger partial charge in [-0.2, -0.15) is 0 Å². The van der Waals surface area contributed by atoms with Gasteiger partial charge in [0.2, 0.25) is 5.91 Å². The van der Waals surface area contributed by atoms with Gasteiger partial charge < -0.3 is 15.0 Å². The molecule has 1 aliphatic heterocycles. The number of amides is 2. The van der Waals surface area contributed by atoms with Crippen molar-refractivity contribution in [3.05, 3.63) is 35.8 Å². The molecule has 1 atom stereocenters. The lowest BCUT2D eigenvalue weighted by Crippen LogP contribution is -2.50. The van der Waals surface area contributed by atoms with Crippen molar-refractivity contribution in [3.63, 3.8) is 0 Å². The monoisotopic (exact) mass is 272 g/mol. The Kier molecular flexibility index (Phi) is 3.14. The van der Waals surface area contributed by atoms with Crippen LogP contribution in [-0.2, 0) is 4.79 Å². The molecule has 0 aromatic carbocycles. The van der Waals surface area contributed by atoms with Crippen molar-refractivity contribution >= 4 is 17.5 Å². The molecule has 0 saturated carbocycles. The minimum atomic E-state index is -0.456. The number of nitrogens with one attached hydrogen (secondary N) is 2. The second kappa shape index (κ2) is 4.96. The van der Waals surface area contributed by atoms with E-state index in [1.165, 1.54) is 0 Å². The van der Waals surface area contributed by atoms with E-state index in [9.17, 15) is 9.59 Å². The first-order valence-electron chi connectivity index (χ1n) is 6.68. The summed E-state index contributed by atoms with van der Waals surface area (Å²) in [5.74, 6) is -0.431. The van der Waals surface area contributed by atoms with Gasteiger partial charge in [-0.1, -0.05) is 6.07 Å². The average molecular weight is 272 g/mol. The number of carbonyl (C=O) groups is 2. The lowest BCUT2D eigenvalue weighted by molar-refractivity contribution is -0.124. The van der Waals surface area contributed by atoms with Gasteiger partial charge in [-0.15, -0.1) is 0 Å². The zero-order valence-electron chi connectivity index (χ0n) is 11.2. The number of fused-ring (bicyclic) bond motifs is 1. The Morgan fingerprint density at radius 1 is 1.50 bits per heavy atom. The van der Waals surface area contributed by atoms with Crippen LogP contribution in [0.4, 0.5) is 0 Å². The number of hydrogen-bond donors (Lipinski definition) is 2. The molecule has 3 heterocycles. The van der Waals surface area contributed by atoms with E-state index in [2.05, 4.69) is 15.6 Å². The summed E-state index contributed by atoms with van der Waals surface area (Å²) in [7, 11) is 0. The van der Waals surface area contributed by atoms with Crippen LogP contribution in [0, 0.1) is 6.92 Å². The molecular weight excluding hydrogens is 256 g/mol. The summed E-state index contributed by atoms with van der Waals surface area (Å²) in [6.07, 6.45) is 3.24. The lowest BCUT2D eigenvalue weighted by Gasteiger charge is -2.22. The number of carbonyl (C=O) groups excluding carboxylic acids is 2. The van der Waals surface area contributed by atoms with Crippen molar-refractivity contribution in [2.24, 2.45) is 0 Å². The summed E-state index contributed by atoms with van der Waals surface area (Å²) < 4.78 is 1.86. The second-order valence-corrected chi connectivity index (χ2v) is 4.98. The molecule has 6 heteroatoms. The average Bonchev–Trinajstić information content (AvgIpc) is 2.87. The molecule has 1 aliphatic rings. The molecule has 0 aliphatic carbocycles. The Bertz CT molecular complexity index is 677. The predicted octanol–water partition coefficient (Wildman–Crippen LogP) is 0.651. The summed E-state index contributed by atoms with van der Waals surface area (Å²) in [5.41, 5.74) is 2.06. The van der Waals surface area contributed by atoms with E-state index >= 15 is 0 Å². The highest BCUT2D eigenvalue weighted by Crippen LogP contribution is 2.09. The molecule has 2 aromatic rings. The molecular formula is C14H16N4O2. The number of pyridine rings is 1. The maximum absolute atomic E-state index is 12.2. The molecule has 0 unspecified atom stereocenters. The van der Waals surface area contributed by atoms with Crippen LogP contribution in [0.1, 0.15) is 29.0 Å². The van der Waals surface area contributed by atoms with Crippen LogP contribution in [0.25, 0.3) is 5.65 Å². The molecule has 2 aromatic heterocycles. The normalized spacial score (nSPS) is 18.9. The Hall–Kier alpha value is -2.37. The summed E-state index contributed by atoms with van der Waals surface area (Å²) in [6, 6.07) is 5.23. The molecule has 20 heavy (non-hydrogen) atoms. The second-order valence-electron chi connectivity index (χ2n) is 4.98. The smallest absolute Gasteiger partial charge is 0.272 e. The van der Waals surface area contributed by atoms with Crippen molar-refractivity contribution in [3.8, 4) is 0 Å². The Balaban J connectivity index is 1.82. The number of aryl methyl sites for hydroxylation is 1. The molecule has 104 valence electrons. The van der Waals surface area contributed by atoms with E-state index in [0.29, 0.717) is 18.7 Å². The standard InChI is InChI=1S/C14H16N4O2/c1-9-4-2-6-12-16-11(8-18(9)12)14(20)17-10-5-3-7-15-13(10)19/h2,4,6,8,10H,3,5,7H2,1H3,(H,15,19)(H,17,20)/t10-/m1/s1. The van der Waals surface area contributed by atoms with E-state index in [0.717, 1.165) is 17.8 Å². The first-order valence-corrected chi connectivity index (χ1v) is 6.68. The highest BCUT2D eigenvalue weighted by Gasteiger charge is 2.24. The fraction of sp³-hybridized carbons (Fsp3) is 0.357. The third-order valence-corrected chi connectivity index (χ3v) is 3.52. The zero-order valence-corrected chi connectivity index (χ0v) is 11.2. The highest BCUT2D eigenvalue weighted by atomic mass is 16.2. The molecule has 0 bridgehead atoms. The highest BCUT2D eigenvalue weighted by molar-refractivity contribution is 5.96. The molecule has 3 rings (SSSR count). The Morgan fingerprint density at radius 2 is 2.35 bits per heavy atom. The van der Waals surface area contributed by atoms with Crippen LogP contribution >= 0.6 is 0 Å². The Labute approximate surface area is 116 Å². The number of rotatable bonds is 2.